The van der Waals surface area contributed by atoms with Crippen molar-refractivity contribution in [1.82, 2.24) is 19.7 Å². The van der Waals surface area contributed by atoms with Crippen LogP contribution < -0.4 is 0 Å². The van der Waals surface area contributed by atoms with Gasteiger partial charge in [0.15, 0.2) is 11.5 Å². The van der Waals surface area contributed by atoms with Crippen LogP contribution in [0.1, 0.15) is 35.8 Å². The number of hydrogen-bond acceptors (Lipinski definition) is 5. The van der Waals surface area contributed by atoms with E-state index in [0.717, 1.165) is 10.0 Å². The van der Waals surface area contributed by atoms with Gasteiger partial charge in [-0.15, -0.1) is 11.3 Å². The minimum Gasteiger partial charge on any atom is -0.476 e. The van der Waals surface area contributed by atoms with Crippen LogP contribution in [0.5, 0.6) is 0 Å². The standard InChI is InChI=1S/C15H13BrN4O2S/c1-8(2)9-3-4-12(17-5-9)20-6-10(16)13(19-20)14-18-11(7-23-14)15(21)22/h3-8H,1-2H3,(H,21,22). The van der Waals surface area contributed by atoms with Crippen LogP contribution in [0.15, 0.2) is 34.4 Å². The van der Waals surface area contributed by atoms with E-state index in [0.29, 0.717) is 22.4 Å². The first-order valence-electron chi connectivity index (χ1n) is 6.86. The maximum atomic E-state index is 10.9. The molecule has 6 nitrogen and oxygen atoms in total. The molecule has 3 aromatic heterocycles. The second-order valence-corrected chi connectivity index (χ2v) is 6.93. The molecule has 0 aliphatic rings. The van der Waals surface area contributed by atoms with Crippen LogP contribution >= 0.6 is 27.3 Å². The minimum absolute atomic E-state index is 0.0193. The highest BCUT2D eigenvalue weighted by molar-refractivity contribution is 9.10. The third kappa shape index (κ3) is 3.18. The maximum absolute atomic E-state index is 10.9. The fraction of sp³-hybridized carbons (Fsp3) is 0.200. The lowest BCUT2D eigenvalue weighted by atomic mass is 10.1. The Bertz CT molecular complexity index is 855. The molecule has 0 spiro atoms. The van der Waals surface area contributed by atoms with Crippen molar-refractivity contribution in [3.05, 3.63) is 45.6 Å². The Labute approximate surface area is 145 Å². The van der Waals surface area contributed by atoms with Crippen LogP contribution in [0.25, 0.3) is 16.5 Å². The summed E-state index contributed by atoms with van der Waals surface area (Å²) in [5, 5.41) is 15.5. The molecule has 23 heavy (non-hydrogen) atoms. The predicted octanol–water partition coefficient (Wildman–Crippen LogP) is 3.97. The third-order valence-corrected chi connectivity index (χ3v) is 4.70. The molecule has 118 valence electrons. The number of carboxylic acids is 1. The largest absolute Gasteiger partial charge is 0.476 e. The summed E-state index contributed by atoms with van der Waals surface area (Å²) in [4.78, 5) is 19.4. The van der Waals surface area contributed by atoms with Crippen LogP contribution in [-0.4, -0.2) is 30.8 Å². The summed E-state index contributed by atoms with van der Waals surface area (Å²) in [6, 6.07) is 3.93. The smallest absolute Gasteiger partial charge is 0.355 e. The first-order valence-corrected chi connectivity index (χ1v) is 8.53. The Morgan fingerprint density at radius 2 is 2.17 bits per heavy atom. The van der Waals surface area contributed by atoms with Crippen molar-refractivity contribution in [1.29, 1.82) is 0 Å². The summed E-state index contributed by atoms with van der Waals surface area (Å²) in [5.74, 6) is 0.0617. The number of thiazole rings is 1. The van der Waals surface area contributed by atoms with E-state index in [-0.39, 0.29) is 5.69 Å². The second-order valence-electron chi connectivity index (χ2n) is 5.22. The number of carboxylic acid groups (broad SMARTS) is 1. The molecular formula is C15H13BrN4O2S. The predicted molar refractivity (Wildman–Crippen MR) is 91.2 cm³/mol. The van der Waals surface area contributed by atoms with Gasteiger partial charge in [0, 0.05) is 17.8 Å². The van der Waals surface area contributed by atoms with E-state index in [2.05, 4.69) is 44.8 Å². The Hall–Kier alpha value is -2.06. The van der Waals surface area contributed by atoms with Gasteiger partial charge in [-0.2, -0.15) is 5.10 Å². The molecule has 0 saturated carbocycles. The van der Waals surface area contributed by atoms with Crippen molar-refractivity contribution in [2.75, 3.05) is 0 Å². The van der Waals surface area contributed by atoms with E-state index in [4.69, 9.17) is 5.11 Å². The SMILES string of the molecule is CC(C)c1ccc(-n2cc(Br)c(-c3nc(C(=O)O)cs3)n2)nc1. The van der Waals surface area contributed by atoms with Gasteiger partial charge in [-0.05, 0) is 33.5 Å². The number of carbonyl (C=O) groups is 1. The van der Waals surface area contributed by atoms with Crippen molar-refractivity contribution in [2.24, 2.45) is 0 Å². The Balaban J connectivity index is 1.95. The molecule has 3 aromatic rings. The number of aromatic nitrogens is 4. The quantitative estimate of drug-likeness (QED) is 0.725. The summed E-state index contributed by atoms with van der Waals surface area (Å²) < 4.78 is 2.38. The van der Waals surface area contributed by atoms with Gasteiger partial charge in [-0.25, -0.2) is 19.4 Å². The lowest BCUT2D eigenvalue weighted by Gasteiger charge is -2.05. The zero-order valence-corrected chi connectivity index (χ0v) is 14.8. The molecule has 0 aromatic carbocycles. The van der Waals surface area contributed by atoms with Gasteiger partial charge in [0.2, 0.25) is 0 Å². The molecular weight excluding hydrogens is 380 g/mol. The molecule has 0 unspecified atom stereocenters. The number of pyridine rings is 1. The molecule has 3 heterocycles. The molecule has 0 radical (unpaired) electrons. The van der Waals surface area contributed by atoms with E-state index in [9.17, 15) is 4.79 Å². The van der Waals surface area contributed by atoms with Crippen molar-refractivity contribution < 1.29 is 9.90 Å². The summed E-state index contributed by atoms with van der Waals surface area (Å²) in [5.41, 5.74) is 1.77. The summed E-state index contributed by atoms with van der Waals surface area (Å²) in [6.07, 6.45) is 3.62. The molecule has 0 aliphatic heterocycles. The van der Waals surface area contributed by atoms with Crippen LogP contribution in [-0.2, 0) is 0 Å². The number of aromatic carboxylic acids is 1. The number of nitrogens with zero attached hydrogens (tertiary/aromatic N) is 4. The lowest BCUT2D eigenvalue weighted by Crippen LogP contribution is -1.99. The van der Waals surface area contributed by atoms with Gasteiger partial charge in [0.05, 0.1) is 4.47 Å². The monoisotopic (exact) mass is 392 g/mol. The van der Waals surface area contributed by atoms with E-state index < -0.39 is 5.97 Å². The molecule has 1 N–H and O–H groups in total. The van der Waals surface area contributed by atoms with Gasteiger partial charge in [-0.3, -0.25) is 0 Å². The van der Waals surface area contributed by atoms with E-state index in [1.807, 2.05) is 18.3 Å². The van der Waals surface area contributed by atoms with Crippen molar-refractivity contribution in [2.45, 2.75) is 19.8 Å². The van der Waals surface area contributed by atoms with Gasteiger partial charge < -0.3 is 5.11 Å². The van der Waals surface area contributed by atoms with Crippen molar-refractivity contribution >= 4 is 33.2 Å². The molecule has 0 amide bonds. The van der Waals surface area contributed by atoms with Gasteiger partial charge in [-0.1, -0.05) is 19.9 Å². The highest BCUT2D eigenvalue weighted by Crippen LogP contribution is 2.30. The van der Waals surface area contributed by atoms with E-state index >= 15 is 0 Å². The number of hydrogen-bond donors (Lipinski definition) is 1. The third-order valence-electron chi connectivity index (χ3n) is 3.27. The highest BCUT2D eigenvalue weighted by Gasteiger charge is 2.16. The second kappa shape index (κ2) is 6.21. The maximum Gasteiger partial charge on any atom is 0.355 e. The molecule has 0 fully saturated rings. The van der Waals surface area contributed by atoms with Crippen LogP contribution in [0.3, 0.4) is 0 Å². The zero-order valence-electron chi connectivity index (χ0n) is 12.4. The fourth-order valence-corrected chi connectivity index (χ4v) is 3.35. The van der Waals surface area contributed by atoms with Gasteiger partial charge in [0.1, 0.15) is 10.7 Å². The van der Waals surface area contributed by atoms with Crippen LogP contribution in [0, 0.1) is 0 Å². The minimum atomic E-state index is -1.05. The Morgan fingerprint density at radius 3 is 2.74 bits per heavy atom. The molecule has 0 aliphatic carbocycles. The Kier molecular flexibility index (Phi) is 4.27. The average Bonchev–Trinajstić information content (AvgIpc) is 3.14. The Morgan fingerprint density at radius 1 is 1.39 bits per heavy atom. The van der Waals surface area contributed by atoms with Crippen LogP contribution in [0.2, 0.25) is 0 Å². The van der Waals surface area contributed by atoms with E-state index in [1.54, 1.807) is 10.9 Å². The first kappa shape index (κ1) is 15.8. The van der Waals surface area contributed by atoms with Crippen molar-refractivity contribution in [3.8, 4) is 16.5 Å². The van der Waals surface area contributed by atoms with Gasteiger partial charge in [0.25, 0.3) is 0 Å². The zero-order chi connectivity index (χ0) is 16.6. The molecule has 0 atom stereocenters. The average molecular weight is 393 g/mol. The summed E-state index contributed by atoms with van der Waals surface area (Å²) in [7, 11) is 0. The first-order chi connectivity index (χ1) is 11.0. The lowest BCUT2D eigenvalue weighted by molar-refractivity contribution is 0.0691. The molecule has 0 saturated heterocycles. The van der Waals surface area contributed by atoms with Crippen molar-refractivity contribution in [3.63, 3.8) is 0 Å². The van der Waals surface area contributed by atoms with Gasteiger partial charge >= 0.3 is 5.97 Å². The van der Waals surface area contributed by atoms with Crippen LogP contribution in [0.4, 0.5) is 0 Å². The molecule has 8 heteroatoms. The number of halogens is 1. The topological polar surface area (TPSA) is 80.9 Å². The number of rotatable bonds is 4. The normalized spacial score (nSPS) is 11.1. The van der Waals surface area contributed by atoms with E-state index in [1.165, 1.54) is 16.7 Å². The fourth-order valence-electron chi connectivity index (χ4n) is 1.97. The summed E-state index contributed by atoms with van der Waals surface area (Å²) >= 11 is 4.69. The molecule has 0 bridgehead atoms. The molecule has 3 rings (SSSR count). The highest BCUT2D eigenvalue weighted by atomic mass is 79.9. The summed E-state index contributed by atoms with van der Waals surface area (Å²) in [6.45, 7) is 4.23.